The van der Waals surface area contributed by atoms with E-state index < -0.39 is 28.8 Å². The van der Waals surface area contributed by atoms with Crippen molar-refractivity contribution in [3.8, 4) is 0 Å². The summed E-state index contributed by atoms with van der Waals surface area (Å²) in [7, 11) is -3.84. The van der Waals surface area contributed by atoms with Crippen LogP contribution < -0.4 is 9.44 Å². The fourth-order valence-electron chi connectivity index (χ4n) is 0.631. The summed E-state index contributed by atoms with van der Waals surface area (Å²) < 4.78 is 26.0. The van der Waals surface area contributed by atoms with E-state index in [4.69, 9.17) is 10.2 Å². The van der Waals surface area contributed by atoms with Crippen LogP contribution in [-0.2, 0) is 15.0 Å². The summed E-state index contributed by atoms with van der Waals surface area (Å²) in [6.07, 6.45) is 0.595. The van der Waals surface area contributed by atoms with Gasteiger partial charge in [-0.2, -0.15) is 13.1 Å². The molecule has 0 spiro atoms. The van der Waals surface area contributed by atoms with Crippen LogP contribution in [0.1, 0.15) is 13.3 Å². The van der Waals surface area contributed by atoms with E-state index in [0.717, 1.165) is 0 Å². The van der Waals surface area contributed by atoms with Crippen LogP contribution in [0.3, 0.4) is 0 Å². The van der Waals surface area contributed by atoms with Crippen LogP contribution in [0.15, 0.2) is 0 Å². The minimum Gasteiger partial charge on any atom is -0.480 e. The number of hydrogen-bond donors (Lipinski definition) is 4. The van der Waals surface area contributed by atoms with Crippen molar-refractivity contribution in [3.63, 3.8) is 0 Å². The molecule has 8 heteroatoms. The van der Waals surface area contributed by atoms with Crippen LogP contribution in [0.2, 0.25) is 0 Å². The van der Waals surface area contributed by atoms with Crippen LogP contribution in [0.25, 0.3) is 0 Å². The Kier molecular flexibility index (Phi) is 5.62. The molecule has 0 heterocycles. The second-order valence-corrected chi connectivity index (χ2v) is 4.12. The molecular weight excluding hydrogens is 212 g/mol. The highest BCUT2D eigenvalue weighted by molar-refractivity contribution is 7.87. The van der Waals surface area contributed by atoms with Crippen molar-refractivity contribution in [2.45, 2.75) is 19.4 Å². The molecule has 0 aromatic carbocycles. The van der Waals surface area contributed by atoms with Crippen LogP contribution in [-0.4, -0.2) is 43.8 Å². The SMILES string of the molecule is CCCNS(=O)(=O)N[C@H](CO)C(=O)O. The van der Waals surface area contributed by atoms with Gasteiger partial charge in [-0.05, 0) is 6.42 Å². The van der Waals surface area contributed by atoms with E-state index in [-0.39, 0.29) is 6.54 Å². The topological polar surface area (TPSA) is 116 Å². The highest BCUT2D eigenvalue weighted by Gasteiger charge is 2.22. The zero-order valence-electron chi connectivity index (χ0n) is 7.73. The van der Waals surface area contributed by atoms with Crippen molar-refractivity contribution in [2.24, 2.45) is 0 Å². The zero-order valence-corrected chi connectivity index (χ0v) is 8.54. The van der Waals surface area contributed by atoms with E-state index >= 15 is 0 Å². The van der Waals surface area contributed by atoms with Gasteiger partial charge < -0.3 is 10.2 Å². The number of hydrogen-bond acceptors (Lipinski definition) is 4. The lowest BCUT2D eigenvalue weighted by Crippen LogP contribution is -2.48. The van der Waals surface area contributed by atoms with E-state index in [1.165, 1.54) is 0 Å². The first-order chi connectivity index (χ1) is 6.43. The largest absolute Gasteiger partial charge is 0.480 e. The maximum Gasteiger partial charge on any atom is 0.324 e. The molecule has 0 aliphatic rings. The molecule has 0 fully saturated rings. The van der Waals surface area contributed by atoms with Gasteiger partial charge in [0.05, 0.1) is 6.61 Å². The number of carboxylic acids is 1. The van der Waals surface area contributed by atoms with E-state index in [2.05, 4.69) is 4.72 Å². The zero-order chi connectivity index (χ0) is 11.2. The van der Waals surface area contributed by atoms with Crippen LogP contribution in [0, 0.1) is 0 Å². The quantitative estimate of drug-likeness (QED) is 0.411. The van der Waals surface area contributed by atoms with Gasteiger partial charge in [0.1, 0.15) is 6.04 Å². The third kappa shape index (κ3) is 5.12. The van der Waals surface area contributed by atoms with Gasteiger partial charge >= 0.3 is 5.97 Å². The predicted octanol–water partition coefficient (Wildman–Crippen LogP) is -1.73. The summed E-state index contributed by atoms with van der Waals surface area (Å²) in [5.41, 5.74) is 0. The molecule has 0 aliphatic carbocycles. The van der Waals surface area contributed by atoms with Crippen molar-refractivity contribution < 1.29 is 23.4 Å². The third-order valence-corrected chi connectivity index (χ3v) is 2.50. The maximum atomic E-state index is 11.1. The predicted molar refractivity (Wildman–Crippen MR) is 48.9 cm³/mol. The minimum atomic E-state index is -3.84. The minimum absolute atomic E-state index is 0.215. The molecule has 4 N–H and O–H groups in total. The molecule has 0 aromatic heterocycles. The highest BCUT2D eigenvalue weighted by atomic mass is 32.2. The van der Waals surface area contributed by atoms with Crippen molar-refractivity contribution in [1.29, 1.82) is 0 Å². The Morgan fingerprint density at radius 1 is 1.50 bits per heavy atom. The molecule has 0 unspecified atom stereocenters. The Hall–Kier alpha value is -0.700. The number of aliphatic carboxylic acids is 1. The number of aliphatic hydroxyl groups is 1. The number of aliphatic hydroxyl groups excluding tert-OH is 1. The first-order valence-electron chi connectivity index (χ1n) is 4.03. The normalized spacial score (nSPS) is 13.9. The molecule has 0 rings (SSSR count). The molecule has 0 saturated heterocycles. The smallest absolute Gasteiger partial charge is 0.324 e. The first kappa shape index (κ1) is 13.3. The van der Waals surface area contributed by atoms with Gasteiger partial charge in [-0.25, -0.2) is 4.72 Å². The Labute approximate surface area is 82.3 Å². The third-order valence-electron chi connectivity index (χ3n) is 1.32. The summed E-state index contributed by atoms with van der Waals surface area (Å²) in [4.78, 5) is 10.4. The van der Waals surface area contributed by atoms with Crippen molar-refractivity contribution >= 4 is 16.2 Å². The van der Waals surface area contributed by atoms with E-state index in [0.29, 0.717) is 6.42 Å². The monoisotopic (exact) mass is 226 g/mol. The number of nitrogens with one attached hydrogen (secondary N) is 2. The Morgan fingerprint density at radius 3 is 2.43 bits per heavy atom. The summed E-state index contributed by atoms with van der Waals surface area (Å²) in [5.74, 6) is -1.42. The molecule has 7 nitrogen and oxygen atoms in total. The van der Waals surface area contributed by atoms with Crippen molar-refractivity contribution in [3.05, 3.63) is 0 Å². The van der Waals surface area contributed by atoms with Crippen LogP contribution in [0.5, 0.6) is 0 Å². The van der Waals surface area contributed by atoms with Crippen LogP contribution in [0.4, 0.5) is 0 Å². The molecule has 0 amide bonds. The second kappa shape index (κ2) is 5.91. The highest BCUT2D eigenvalue weighted by Crippen LogP contribution is 1.87. The Morgan fingerprint density at radius 2 is 2.07 bits per heavy atom. The van der Waals surface area contributed by atoms with Gasteiger partial charge in [0, 0.05) is 6.54 Å². The molecule has 84 valence electrons. The fraction of sp³-hybridized carbons (Fsp3) is 0.833. The van der Waals surface area contributed by atoms with Crippen LogP contribution >= 0.6 is 0 Å². The van der Waals surface area contributed by atoms with Crippen molar-refractivity contribution in [2.75, 3.05) is 13.2 Å². The summed E-state index contributed by atoms with van der Waals surface area (Å²) >= 11 is 0. The summed E-state index contributed by atoms with van der Waals surface area (Å²) in [5, 5.41) is 17.0. The molecule has 0 saturated carbocycles. The molecule has 0 aromatic rings. The van der Waals surface area contributed by atoms with Gasteiger partial charge in [0.25, 0.3) is 10.2 Å². The lowest BCUT2D eigenvalue weighted by Gasteiger charge is -2.12. The Bertz CT molecular complexity index is 276. The van der Waals surface area contributed by atoms with Gasteiger partial charge in [-0.15, -0.1) is 0 Å². The lowest BCUT2D eigenvalue weighted by atomic mass is 10.3. The van der Waals surface area contributed by atoms with Gasteiger partial charge in [-0.3, -0.25) is 4.79 Å². The number of rotatable bonds is 7. The lowest BCUT2D eigenvalue weighted by molar-refractivity contribution is -0.139. The van der Waals surface area contributed by atoms with E-state index in [9.17, 15) is 13.2 Å². The number of carboxylic acid groups (broad SMARTS) is 1. The Balaban J connectivity index is 4.26. The molecular formula is C6H14N2O5S. The van der Waals surface area contributed by atoms with E-state index in [1.807, 2.05) is 0 Å². The molecule has 14 heavy (non-hydrogen) atoms. The number of carbonyl (C=O) groups is 1. The van der Waals surface area contributed by atoms with Crippen molar-refractivity contribution in [1.82, 2.24) is 9.44 Å². The maximum absolute atomic E-state index is 11.1. The average Bonchev–Trinajstić information content (AvgIpc) is 2.10. The van der Waals surface area contributed by atoms with Gasteiger partial charge in [0.2, 0.25) is 0 Å². The summed E-state index contributed by atoms with van der Waals surface area (Å²) in [6.45, 7) is 1.19. The van der Waals surface area contributed by atoms with Gasteiger partial charge in [-0.1, -0.05) is 6.92 Å². The molecule has 0 bridgehead atoms. The van der Waals surface area contributed by atoms with E-state index in [1.54, 1.807) is 11.6 Å². The standard InChI is InChI=1S/C6H14N2O5S/c1-2-3-7-14(12,13)8-5(4-9)6(10)11/h5,7-9H,2-4H2,1H3,(H,10,11)/t5-/m1/s1. The fourth-order valence-corrected chi connectivity index (χ4v) is 1.74. The summed E-state index contributed by atoms with van der Waals surface area (Å²) in [6, 6.07) is -1.51. The van der Waals surface area contributed by atoms with Gasteiger partial charge in [0.15, 0.2) is 0 Å². The molecule has 1 atom stereocenters. The molecule has 0 radical (unpaired) electrons. The second-order valence-electron chi connectivity index (χ2n) is 2.59. The first-order valence-corrected chi connectivity index (χ1v) is 5.51. The molecule has 0 aliphatic heterocycles. The average molecular weight is 226 g/mol.